The second-order valence-electron chi connectivity index (χ2n) is 12.0. The van der Waals surface area contributed by atoms with Crippen LogP contribution in [0.2, 0.25) is 5.02 Å². The third-order valence-corrected chi connectivity index (χ3v) is 9.40. The van der Waals surface area contributed by atoms with Gasteiger partial charge in [0.1, 0.15) is 11.9 Å². The van der Waals surface area contributed by atoms with Crippen LogP contribution in [0.1, 0.15) is 49.7 Å². The molecule has 1 saturated heterocycles. The van der Waals surface area contributed by atoms with Crippen molar-refractivity contribution >= 4 is 40.2 Å². The van der Waals surface area contributed by atoms with Crippen molar-refractivity contribution in [2.45, 2.75) is 64.1 Å². The monoisotopic (exact) mass is 679 g/mol. The maximum atomic E-state index is 14.1. The van der Waals surface area contributed by atoms with Crippen molar-refractivity contribution in [3.05, 3.63) is 56.7 Å². The van der Waals surface area contributed by atoms with Crippen LogP contribution >= 0.6 is 11.6 Å². The number of nitrogens with one attached hydrogen (secondary N) is 1. The lowest BCUT2D eigenvalue weighted by atomic mass is 10.0. The highest BCUT2D eigenvalue weighted by Crippen LogP contribution is 2.34. The zero-order valence-corrected chi connectivity index (χ0v) is 26.6. The van der Waals surface area contributed by atoms with Crippen LogP contribution in [0, 0.1) is 5.92 Å². The fourth-order valence-electron chi connectivity index (χ4n) is 6.64. The van der Waals surface area contributed by atoms with Crippen molar-refractivity contribution in [1.82, 2.24) is 24.1 Å². The third kappa shape index (κ3) is 6.71. The number of hydrogen-bond acceptors (Lipinski definition) is 9. The Morgan fingerprint density at radius 3 is 2.60 bits per heavy atom. The van der Waals surface area contributed by atoms with Gasteiger partial charge >= 0.3 is 6.18 Å². The van der Waals surface area contributed by atoms with Gasteiger partial charge in [-0.25, -0.2) is 0 Å². The highest BCUT2D eigenvalue weighted by Gasteiger charge is 2.36. The molecule has 254 valence electrons. The second kappa shape index (κ2) is 13.5. The van der Waals surface area contributed by atoms with Gasteiger partial charge in [0.25, 0.3) is 5.56 Å². The average molecular weight is 680 g/mol. The van der Waals surface area contributed by atoms with E-state index >= 15 is 0 Å². The molecule has 2 fully saturated rings. The van der Waals surface area contributed by atoms with Crippen molar-refractivity contribution in [2.24, 2.45) is 5.92 Å². The SMILES string of the molecule is CCc1c(N2CCN(C(=O)C3CCCC3O)CC2)c(=O)n2nc(C3=CCOCC3)nc2n1CC(O)Nc1ccc(C(F)(F)F)cc1Cl. The van der Waals surface area contributed by atoms with Crippen LogP contribution in [0.3, 0.4) is 0 Å². The van der Waals surface area contributed by atoms with E-state index < -0.39 is 35.5 Å². The van der Waals surface area contributed by atoms with Crippen molar-refractivity contribution in [3.8, 4) is 0 Å². The minimum absolute atomic E-state index is 0.0694. The van der Waals surface area contributed by atoms with Crippen molar-refractivity contribution in [2.75, 3.05) is 49.6 Å². The molecule has 2 aliphatic heterocycles. The molecule has 4 heterocycles. The molecular formula is C31H37ClF3N7O5. The Bertz CT molecular complexity index is 1730. The molecule has 2 aromatic heterocycles. The van der Waals surface area contributed by atoms with Gasteiger partial charge in [0.2, 0.25) is 11.7 Å². The molecule has 0 radical (unpaired) electrons. The molecule has 3 atom stereocenters. The van der Waals surface area contributed by atoms with E-state index in [1.807, 2.05) is 17.9 Å². The van der Waals surface area contributed by atoms with Crippen LogP contribution in [0.4, 0.5) is 24.5 Å². The van der Waals surface area contributed by atoms with Gasteiger partial charge in [-0.1, -0.05) is 24.6 Å². The number of halogens is 4. The highest BCUT2D eigenvalue weighted by molar-refractivity contribution is 6.33. The van der Waals surface area contributed by atoms with Gasteiger partial charge in [-0.05, 0) is 55.9 Å². The standard InChI is InChI=1S/C31H37ClF3N7O5/c1-2-23-26(39-10-12-40(13-11-39)28(45)20-4-3-5-24(20)43)29(46)42-30(37-27(38-42)18-8-14-47-15-9-18)41(23)17-25(44)36-22-7-6-19(16-21(22)32)31(33,34)35/h6-8,16,20,24-25,36,43-44H,2-5,9-15,17H2,1H3. The van der Waals surface area contributed by atoms with Gasteiger partial charge in [0, 0.05) is 31.9 Å². The molecule has 3 aliphatic rings. The van der Waals surface area contributed by atoms with E-state index in [1.54, 1.807) is 9.47 Å². The largest absolute Gasteiger partial charge is 0.416 e. The van der Waals surface area contributed by atoms with Crippen molar-refractivity contribution in [1.29, 1.82) is 0 Å². The zero-order chi connectivity index (χ0) is 33.5. The number of benzene rings is 1. The summed E-state index contributed by atoms with van der Waals surface area (Å²) in [6.45, 7) is 4.08. The summed E-state index contributed by atoms with van der Waals surface area (Å²) in [6.07, 6.45) is -1.67. The van der Waals surface area contributed by atoms with Gasteiger partial charge in [-0.2, -0.15) is 22.7 Å². The lowest BCUT2D eigenvalue weighted by molar-refractivity contribution is -0.139. The number of amides is 1. The summed E-state index contributed by atoms with van der Waals surface area (Å²) >= 11 is 6.14. The van der Waals surface area contributed by atoms with Gasteiger partial charge in [0.15, 0.2) is 5.82 Å². The number of carbonyl (C=O) groups excluding carboxylic acids is 1. The number of anilines is 2. The molecule has 1 aromatic carbocycles. The lowest BCUT2D eigenvalue weighted by Gasteiger charge is -2.38. The number of ether oxygens (including phenoxy) is 1. The summed E-state index contributed by atoms with van der Waals surface area (Å²) in [7, 11) is 0. The zero-order valence-electron chi connectivity index (χ0n) is 25.8. The molecule has 16 heteroatoms. The number of hydrogen-bond donors (Lipinski definition) is 3. The molecule has 3 unspecified atom stereocenters. The van der Waals surface area contributed by atoms with Crippen LogP contribution < -0.4 is 15.8 Å². The molecule has 47 heavy (non-hydrogen) atoms. The van der Waals surface area contributed by atoms with E-state index in [1.165, 1.54) is 4.52 Å². The smallest absolute Gasteiger partial charge is 0.392 e. The Labute approximate surface area is 273 Å². The van der Waals surface area contributed by atoms with E-state index in [-0.39, 0.29) is 28.9 Å². The number of piperazine rings is 1. The van der Waals surface area contributed by atoms with E-state index in [0.29, 0.717) is 82.3 Å². The van der Waals surface area contributed by atoms with Gasteiger partial charge in [-0.15, -0.1) is 5.10 Å². The fourth-order valence-corrected chi connectivity index (χ4v) is 6.88. The minimum Gasteiger partial charge on any atom is -0.392 e. The summed E-state index contributed by atoms with van der Waals surface area (Å²) in [6, 6.07) is 2.81. The third-order valence-electron chi connectivity index (χ3n) is 9.09. The number of nitrogens with zero attached hydrogens (tertiary/aromatic N) is 6. The van der Waals surface area contributed by atoms with E-state index in [2.05, 4.69) is 10.4 Å². The summed E-state index contributed by atoms with van der Waals surface area (Å²) in [5.41, 5.74) is 0.561. The Kier molecular flexibility index (Phi) is 9.52. The maximum Gasteiger partial charge on any atom is 0.416 e. The van der Waals surface area contributed by atoms with Crippen LogP contribution in [0.15, 0.2) is 29.1 Å². The Balaban J connectivity index is 1.33. The highest BCUT2D eigenvalue weighted by atomic mass is 35.5. The van der Waals surface area contributed by atoms with E-state index in [9.17, 15) is 33.0 Å². The predicted octanol–water partition coefficient (Wildman–Crippen LogP) is 3.17. The number of rotatable bonds is 8. The van der Waals surface area contributed by atoms with Crippen LogP contribution in [0.5, 0.6) is 0 Å². The minimum atomic E-state index is -4.57. The molecular weight excluding hydrogens is 643 g/mol. The number of carbonyl (C=O) groups is 1. The quantitative estimate of drug-likeness (QED) is 0.307. The number of fused-ring (bicyclic) bond motifs is 1. The Hall–Kier alpha value is -3.66. The first kappa shape index (κ1) is 33.2. The Morgan fingerprint density at radius 2 is 1.98 bits per heavy atom. The predicted molar refractivity (Wildman–Crippen MR) is 168 cm³/mol. The van der Waals surface area contributed by atoms with E-state index in [4.69, 9.17) is 21.3 Å². The first-order valence-electron chi connectivity index (χ1n) is 15.8. The molecule has 1 aliphatic carbocycles. The Morgan fingerprint density at radius 1 is 1.21 bits per heavy atom. The van der Waals surface area contributed by atoms with Crippen LogP contribution in [0.25, 0.3) is 11.4 Å². The van der Waals surface area contributed by atoms with Gasteiger partial charge < -0.3 is 34.6 Å². The molecule has 0 spiro atoms. The fraction of sp³-hybridized carbons (Fsp3) is 0.548. The molecule has 1 amide bonds. The summed E-state index contributed by atoms with van der Waals surface area (Å²) in [5.74, 6) is 0.0834. The van der Waals surface area contributed by atoms with Gasteiger partial charge in [-0.3, -0.25) is 9.59 Å². The summed E-state index contributed by atoms with van der Waals surface area (Å²) in [4.78, 5) is 35.6. The number of aliphatic hydroxyl groups is 2. The molecule has 0 bridgehead atoms. The van der Waals surface area contributed by atoms with Crippen LogP contribution in [-0.2, 0) is 28.7 Å². The molecule has 6 rings (SSSR count). The molecule has 3 N–H and O–H groups in total. The number of aromatic nitrogens is 4. The van der Waals surface area contributed by atoms with Gasteiger partial charge in [0.05, 0.1) is 48.1 Å². The average Bonchev–Trinajstić information content (AvgIpc) is 3.70. The van der Waals surface area contributed by atoms with E-state index in [0.717, 1.165) is 30.2 Å². The van der Waals surface area contributed by atoms with Crippen molar-refractivity contribution < 1.29 is 32.9 Å². The van der Waals surface area contributed by atoms with Crippen LogP contribution in [-0.4, -0.2) is 91.9 Å². The second-order valence-corrected chi connectivity index (χ2v) is 12.4. The summed E-state index contributed by atoms with van der Waals surface area (Å²) in [5, 5.41) is 28.6. The first-order chi connectivity index (χ1) is 22.5. The summed E-state index contributed by atoms with van der Waals surface area (Å²) < 4.78 is 47.8. The van der Waals surface area contributed by atoms with Crippen molar-refractivity contribution in [3.63, 3.8) is 0 Å². The molecule has 1 saturated carbocycles. The molecule has 3 aromatic rings. The first-order valence-corrected chi connectivity index (χ1v) is 16.2. The lowest BCUT2D eigenvalue weighted by Crippen LogP contribution is -2.52. The maximum absolute atomic E-state index is 14.1. The normalized spacial score (nSPS) is 21.3. The number of alkyl halides is 3. The topological polar surface area (TPSA) is 137 Å². The number of aliphatic hydroxyl groups excluding tert-OH is 2. The molecule has 12 nitrogen and oxygen atoms in total.